The predicted octanol–water partition coefficient (Wildman–Crippen LogP) is -2.30. The normalized spacial score (nSPS) is 14.7. The minimum atomic E-state index is -0.955. The average molecular weight is 269 g/mol. The van der Waals surface area contributed by atoms with Crippen LogP contribution in [0.25, 0.3) is 0 Å². The highest BCUT2D eigenvalue weighted by atomic mass is 16.5. The molecule has 0 aromatic carbocycles. The molecule has 0 aromatic heterocycles. The van der Waals surface area contributed by atoms with Crippen LogP contribution >= 0.6 is 0 Å². The summed E-state index contributed by atoms with van der Waals surface area (Å²) in [5, 5.41) is 35.8. The molecule has 0 spiro atoms. The fraction of sp³-hybridized carbons (Fsp3) is 0.900. The summed E-state index contributed by atoms with van der Waals surface area (Å²) in [7, 11) is 3.39. The van der Waals surface area contributed by atoms with E-state index in [0.717, 1.165) is 0 Å². The Morgan fingerprint density at radius 1 is 1.22 bits per heavy atom. The second-order valence-corrected chi connectivity index (χ2v) is 4.70. The molecule has 8 nitrogen and oxygen atoms in total. The van der Waals surface area contributed by atoms with Crippen molar-refractivity contribution >= 4 is 5.97 Å². The van der Waals surface area contributed by atoms with E-state index in [1.165, 1.54) is 0 Å². The standard InChI is InChI=1S/C10H21NO6.H2O/c1-11(2,4-10(15)16)3-8(13)6-17-7-9(14)5-12;/h8-9,12-14H,3-7H2,1-2H3;1H2. The fourth-order valence-electron chi connectivity index (χ4n) is 1.45. The van der Waals surface area contributed by atoms with Gasteiger partial charge in [0.15, 0.2) is 6.54 Å². The minimum absolute atomic E-state index is 0. The van der Waals surface area contributed by atoms with Crippen molar-refractivity contribution in [3.8, 4) is 0 Å². The van der Waals surface area contributed by atoms with Crippen molar-refractivity contribution in [1.82, 2.24) is 0 Å². The Morgan fingerprint density at radius 3 is 2.17 bits per heavy atom. The molecule has 8 heteroatoms. The number of nitrogens with zero attached hydrogens (tertiary/aromatic N) is 1. The van der Waals surface area contributed by atoms with Crippen LogP contribution in [0.1, 0.15) is 0 Å². The number of likely N-dealkylation sites (N-methyl/N-ethyl adjacent to an activating group) is 1. The van der Waals surface area contributed by atoms with Crippen LogP contribution in [0.5, 0.6) is 0 Å². The lowest BCUT2D eigenvalue weighted by molar-refractivity contribution is -0.886. The highest BCUT2D eigenvalue weighted by molar-refractivity contribution is 5.67. The molecule has 18 heavy (non-hydrogen) atoms. The number of carboxylic acid groups (broad SMARTS) is 1. The first-order valence-corrected chi connectivity index (χ1v) is 5.35. The van der Waals surface area contributed by atoms with Crippen LogP contribution in [-0.4, -0.2) is 95.6 Å². The predicted molar refractivity (Wildman–Crippen MR) is 61.3 cm³/mol. The second kappa shape index (κ2) is 9.20. The first-order valence-electron chi connectivity index (χ1n) is 5.35. The van der Waals surface area contributed by atoms with Gasteiger partial charge in [-0.2, -0.15) is 0 Å². The summed E-state index contributed by atoms with van der Waals surface area (Å²) in [6, 6.07) is 0. The minimum Gasteiger partial charge on any atom is -0.870 e. The van der Waals surface area contributed by atoms with Crippen molar-refractivity contribution in [3.05, 3.63) is 0 Å². The van der Waals surface area contributed by atoms with E-state index >= 15 is 0 Å². The lowest BCUT2D eigenvalue weighted by Gasteiger charge is -2.29. The summed E-state index contributed by atoms with van der Waals surface area (Å²) in [5.41, 5.74) is 0. The Kier molecular flexibility index (Phi) is 10.00. The maximum absolute atomic E-state index is 10.5. The SMILES string of the molecule is C[N+](C)(CC(=O)O)CC(O)COCC(O)CO.[OH-]. The Morgan fingerprint density at radius 2 is 1.72 bits per heavy atom. The van der Waals surface area contributed by atoms with Gasteiger partial charge in [-0.1, -0.05) is 0 Å². The number of aliphatic hydroxyl groups is 3. The molecule has 110 valence electrons. The highest BCUT2D eigenvalue weighted by Crippen LogP contribution is 2.00. The van der Waals surface area contributed by atoms with E-state index in [9.17, 15) is 9.90 Å². The Labute approximate surface area is 106 Å². The van der Waals surface area contributed by atoms with E-state index in [0.29, 0.717) is 0 Å². The number of hydrogen-bond donors (Lipinski definition) is 4. The molecule has 0 saturated heterocycles. The molecular formula is C10H23NO7. The molecule has 0 heterocycles. The summed E-state index contributed by atoms with van der Waals surface area (Å²) >= 11 is 0. The zero-order chi connectivity index (χ0) is 13.5. The van der Waals surface area contributed by atoms with Gasteiger partial charge in [-0.25, -0.2) is 4.79 Å². The maximum Gasteiger partial charge on any atom is 0.359 e. The number of carbonyl (C=O) groups is 1. The van der Waals surface area contributed by atoms with Gasteiger partial charge >= 0.3 is 5.97 Å². The topological polar surface area (TPSA) is 137 Å². The number of quaternary nitrogens is 1. The molecule has 5 N–H and O–H groups in total. The van der Waals surface area contributed by atoms with E-state index in [4.69, 9.17) is 20.1 Å². The van der Waals surface area contributed by atoms with Gasteiger partial charge < -0.3 is 35.1 Å². The number of aliphatic hydroxyl groups excluding tert-OH is 3. The summed E-state index contributed by atoms with van der Waals surface area (Å²) in [6.07, 6.45) is -1.76. The summed E-state index contributed by atoms with van der Waals surface area (Å²) in [6.45, 7) is -0.299. The maximum atomic E-state index is 10.5. The van der Waals surface area contributed by atoms with E-state index in [-0.39, 0.29) is 36.3 Å². The van der Waals surface area contributed by atoms with Gasteiger partial charge in [-0.3, -0.25) is 0 Å². The fourth-order valence-corrected chi connectivity index (χ4v) is 1.45. The van der Waals surface area contributed by atoms with Crippen LogP contribution in [0, 0.1) is 0 Å². The van der Waals surface area contributed by atoms with Crippen molar-refractivity contribution in [2.75, 3.05) is 47.0 Å². The van der Waals surface area contributed by atoms with Crippen molar-refractivity contribution in [1.29, 1.82) is 0 Å². The van der Waals surface area contributed by atoms with Gasteiger partial charge in [0.25, 0.3) is 0 Å². The molecule has 2 unspecified atom stereocenters. The molecule has 0 bridgehead atoms. The van der Waals surface area contributed by atoms with Crippen LogP contribution in [0.2, 0.25) is 0 Å². The molecule has 0 aliphatic carbocycles. The van der Waals surface area contributed by atoms with Gasteiger partial charge in [0.2, 0.25) is 0 Å². The molecule has 0 radical (unpaired) electrons. The third-order valence-corrected chi connectivity index (χ3v) is 2.10. The number of rotatable bonds is 9. The third-order valence-electron chi connectivity index (χ3n) is 2.10. The molecular weight excluding hydrogens is 246 g/mol. The number of hydrogen-bond acceptors (Lipinski definition) is 6. The lowest BCUT2D eigenvalue weighted by atomic mass is 10.3. The van der Waals surface area contributed by atoms with Crippen molar-refractivity contribution < 1.29 is 39.9 Å². The van der Waals surface area contributed by atoms with Gasteiger partial charge in [0.05, 0.1) is 33.9 Å². The number of aliphatic carboxylic acids is 1. The van der Waals surface area contributed by atoms with Crippen LogP contribution < -0.4 is 0 Å². The van der Waals surface area contributed by atoms with Gasteiger partial charge in [0, 0.05) is 0 Å². The van der Waals surface area contributed by atoms with E-state index < -0.39 is 24.8 Å². The molecule has 0 aromatic rings. The largest absolute Gasteiger partial charge is 0.870 e. The number of carboxylic acids is 1. The van der Waals surface area contributed by atoms with Crippen molar-refractivity contribution in [2.24, 2.45) is 0 Å². The monoisotopic (exact) mass is 269 g/mol. The quantitative estimate of drug-likeness (QED) is 0.345. The number of ether oxygens (including phenoxy) is 1. The van der Waals surface area contributed by atoms with E-state index in [1.54, 1.807) is 14.1 Å². The zero-order valence-corrected chi connectivity index (χ0v) is 10.7. The van der Waals surface area contributed by atoms with Crippen LogP contribution in [0.3, 0.4) is 0 Å². The highest BCUT2D eigenvalue weighted by Gasteiger charge is 2.23. The Balaban J connectivity index is 0. The first kappa shape index (κ1) is 19.6. The molecule has 0 fully saturated rings. The molecule has 0 saturated carbocycles. The van der Waals surface area contributed by atoms with Gasteiger partial charge in [-0.05, 0) is 0 Å². The third kappa shape index (κ3) is 10.4. The molecule has 0 aliphatic rings. The Bertz CT molecular complexity index is 234. The van der Waals surface area contributed by atoms with Crippen LogP contribution in [0.4, 0.5) is 0 Å². The molecule has 0 amide bonds. The molecule has 0 rings (SSSR count). The first-order chi connectivity index (χ1) is 7.76. The van der Waals surface area contributed by atoms with E-state index in [2.05, 4.69) is 0 Å². The van der Waals surface area contributed by atoms with Gasteiger partial charge in [-0.15, -0.1) is 0 Å². The Hall–Kier alpha value is -0.770. The van der Waals surface area contributed by atoms with Crippen molar-refractivity contribution in [3.63, 3.8) is 0 Å². The summed E-state index contributed by atoms with van der Waals surface area (Å²) in [5.74, 6) is -0.932. The summed E-state index contributed by atoms with van der Waals surface area (Å²) < 4.78 is 5.12. The second-order valence-electron chi connectivity index (χ2n) is 4.70. The molecule has 2 atom stereocenters. The van der Waals surface area contributed by atoms with Crippen molar-refractivity contribution in [2.45, 2.75) is 12.2 Å². The van der Waals surface area contributed by atoms with Crippen LogP contribution in [0.15, 0.2) is 0 Å². The zero-order valence-electron chi connectivity index (χ0n) is 10.7. The summed E-state index contributed by atoms with van der Waals surface area (Å²) in [4.78, 5) is 10.5. The smallest absolute Gasteiger partial charge is 0.359 e. The average Bonchev–Trinajstić information content (AvgIpc) is 2.14. The lowest BCUT2D eigenvalue weighted by Crippen LogP contribution is -2.49. The van der Waals surface area contributed by atoms with Crippen LogP contribution in [-0.2, 0) is 9.53 Å². The molecule has 0 aliphatic heterocycles. The van der Waals surface area contributed by atoms with Gasteiger partial charge in [0.1, 0.15) is 18.8 Å². The van der Waals surface area contributed by atoms with E-state index in [1.807, 2.05) is 0 Å².